The normalized spacial score (nSPS) is 20.8. The number of aromatic nitrogens is 2. The largest absolute Gasteiger partial charge is 0.305 e. The third kappa shape index (κ3) is 1.97. The highest BCUT2D eigenvalue weighted by atomic mass is 19.1. The molecule has 0 radical (unpaired) electrons. The van der Waals surface area contributed by atoms with Crippen molar-refractivity contribution in [1.29, 1.82) is 0 Å². The van der Waals surface area contributed by atoms with Gasteiger partial charge in [-0.2, -0.15) is 0 Å². The van der Waals surface area contributed by atoms with Crippen molar-refractivity contribution < 1.29 is 4.39 Å². The molecule has 1 saturated heterocycles. The summed E-state index contributed by atoms with van der Waals surface area (Å²) in [7, 11) is 0. The van der Waals surface area contributed by atoms with Gasteiger partial charge in [0.1, 0.15) is 0 Å². The van der Waals surface area contributed by atoms with Crippen LogP contribution in [0.5, 0.6) is 0 Å². The van der Waals surface area contributed by atoms with Crippen LogP contribution < -0.4 is 5.46 Å². The SMILES string of the molecule is Cc1cn2cc(B3CC(C)(C)C(C)(C)C3)cc(F)c2n1. The second kappa shape index (κ2) is 4.09. The number of halogens is 1. The molecule has 1 aliphatic rings. The lowest BCUT2D eigenvalue weighted by Gasteiger charge is -2.35. The molecule has 4 heteroatoms. The lowest BCUT2D eigenvalue weighted by Crippen LogP contribution is -2.29. The molecule has 0 amide bonds. The van der Waals surface area contributed by atoms with E-state index in [2.05, 4.69) is 38.9 Å². The average molecular weight is 272 g/mol. The van der Waals surface area contributed by atoms with E-state index in [-0.39, 0.29) is 16.6 Å². The molecule has 0 saturated carbocycles. The number of hydrogen-bond acceptors (Lipinski definition) is 1. The predicted molar refractivity (Wildman–Crippen MR) is 82.5 cm³/mol. The molecule has 0 spiro atoms. The molecular formula is C16H22BFN2. The molecule has 0 aromatic carbocycles. The Morgan fingerprint density at radius 1 is 1.15 bits per heavy atom. The fraction of sp³-hybridized carbons (Fsp3) is 0.562. The molecule has 0 N–H and O–H groups in total. The third-order valence-electron chi connectivity index (χ3n) is 5.46. The van der Waals surface area contributed by atoms with Gasteiger partial charge in [0.25, 0.3) is 0 Å². The number of nitrogens with zero attached hydrogens (tertiary/aromatic N) is 2. The van der Waals surface area contributed by atoms with Gasteiger partial charge in [-0.15, -0.1) is 0 Å². The van der Waals surface area contributed by atoms with Crippen LogP contribution in [0.1, 0.15) is 33.4 Å². The zero-order valence-corrected chi connectivity index (χ0v) is 13.0. The first-order valence-corrected chi connectivity index (χ1v) is 7.34. The summed E-state index contributed by atoms with van der Waals surface area (Å²) in [5.41, 5.74) is 2.96. The monoisotopic (exact) mass is 272 g/mol. The number of hydrogen-bond donors (Lipinski definition) is 0. The van der Waals surface area contributed by atoms with E-state index in [9.17, 15) is 4.39 Å². The maximum Gasteiger partial charge on any atom is 0.179 e. The molecule has 0 atom stereocenters. The number of fused-ring (bicyclic) bond motifs is 1. The van der Waals surface area contributed by atoms with Crippen LogP contribution in [0.25, 0.3) is 5.65 Å². The van der Waals surface area contributed by atoms with Crippen molar-refractivity contribution in [1.82, 2.24) is 9.38 Å². The minimum absolute atomic E-state index is 0.210. The highest BCUT2D eigenvalue weighted by Gasteiger charge is 2.48. The molecule has 1 fully saturated rings. The van der Waals surface area contributed by atoms with E-state index < -0.39 is 0 Å². The fourth-order valence-electron chi connectivity index (χ4n) is 3.52. The molecule has 2 nitrogen and oxygen atoms in total. The highest BCUT2D eigenvalue weighted by Crippen LogP contribution is 2.52. The van der Waals surface area contributed by atoms with Crippen LogP contribution in [-0.4, -0.2) is 16.1 Å². The van der Waals surface area contributed by atoms with Gasteiger partial charge in [0.05, 0.1) is 5.69 Å². The van der Waals surface area contributed by atoms with Gasteiger partial charge >= 0.3 is 0 Å². The molecule has 3 rings (SSSR count). The van der Waals surface area contributed by atoms with E-state index in [1.165, 1.54) is 0 Å². The van der Waals surface area contributed by atoms with Crippen LogP contribution in [0, 0.1) is 23.6 Å². The van der Waals surface area contributed by atoms with Gasteiger partial charge in [0, 0.05) is 12.4 Å². The van der Waals surface area contributed by atoms with Crippen molar-refractivity contribution in [3.05, 3.63) is 30.0 Å². The van der Waals surface area contributed by atoms with Crippen LogP contribution in [0.3, 0.4) is 0 Å². The minimum atomic E-state index is -0.210. The Labute approximate surface area is 120 Å². The van der Waals surface area contributed by atoms with Crippen LogP contribution in [-0.2, 0) is 0 Å². The van der Waals surface area contributed by atoms with Gasteiger partial charge in [0.2, 0.25) is 0 Å². The summed E-state index contributed by atoms with van der Waals surface area (Å²) in [4.78, 5) is 4.23. The lowest BCUT2D eigenvalue weighted by molar-refractivity contribution is 0.177. The van der Waals surface area contributed by atoms with Gasteiger partial charge < -0.3 is 4.40 Å². The van der Waals surface area contributed by atoms with Crippen molar-refractivity contribution in [2.45, 2.75) is 47.3 Å². The van der Waals surface area contributed by atoms with Crippen molar-refractivity contribution in [3.8, 4) is 0 Å². The maximum absolute atomic E-state index is 14.2. The van der Waals surface area contributed by atoms with Crippen LogP contribution in [0.4, 0.5) is 4.39 Å². The average Bonchev–Trinajstić information content (AvgIpc) is 2.77. The van der Waals surface area contributed by atoms with E-state index in [1.54, 1.807) is 6.07 Å². The van der Waals surface area contributed by atoms with E-state index in [0.717, 1.165) is 23.8 Å². The second-order valence-corrected chi connectivity index (χ2v) is 7.61. The summed E-state index contributed by atoms with van der Waals surface area (Å²) in [5.74, 6) is -0.210. The quantitative estimate of drug-likeness (QED) is 0.726. The Morgan fingerprint density at radius 3 is 2.35 bits per heavy atom. The standard InChI is InChI=1S/C16H22BFN2/c1-11-7-20-8-12(6-13(18)14(20)19-11)17-9-15(2,3)16(4,5)10-17/h6-8H,9-10H2,1-5H3. The summed E-state index contributed by atoms with van der Waals surface area (Å²) < 4.78 is 16.0. The first kappa shape index (κ1) is 13.7. The minimum Gasteiger partial charge on any atom is -0.305 e. The van der Waals surface area contributed by atoms with Gasteiger partial charge in [-0.25, -0.2) is 9.37 Å². The summed E-state index contributed by atoms with van der Waals surface area (Å²) in [6.07, 6.45) is 6.17. The molecule has 2 aromatic heterocycles. The van der Waals surface area contributed by atoms with Gasteiger partial charge in [0.15, 0.2) is 18.2 Å². The van der Waals surface area contributed by atoms with E-state index in [4.69, 9.17) is 0 Å². The number of imidazole rings is 1. The highest BCUT2D eigenvalue weighted by molar-refractivity contribution is 6.74. The first-order chi connectivity index (χ1) is 9.19. The zero-order chi connectivity index (χ0) is 14.7. The van der Waals surface area contributed by atoms with Crippen molar-refractivity contribution in [3.63, 3.8) is 0 Å². The fourth-order valence-corrected chi connectivity index (χ4v) is 3.52. The molecule has 0 aliphatic carbocycles. The Hall–Kier alpha value is -1.32. The molecule has 106 valence electrons. The van der Waals surface area contributed by atoms with Crippen molar-refractivity contribution in [2.75, 3.05) is 0 Å². The predicted octanol–water partition coefficient (Wildman–Crippen LogP) is 3.55. The third-order valence-corrected chi connectivity index (χ3v) is 5.46. The molecule has 1 aliphatic heterocycles. The summed E-state index contributed by atoms with van der Waals surface area (Å²) in [5, 5.41) is 0. The molecule has 0 unspecified atom stereocenters. The van der Waals surface area contributed by atoms with Gasteiger partial charge in [-0.05, 0) is 23.8 Å². The zero-order valence-electron chi connectivity index (χ0n) is 13.0. The summed E-state index contributed by atoms with van der Waals surface area (Å²) >= 11 is 0. The Balaban J connectivity index is 2.04. The lowest BCUT2D eigenvalue weighted by atomic mass is 9.42. The summed E-state index contributed by atoms with van der Waals surface area (Å²) in [6, 6.07) is 1.68. The van der Waals surface area contributed by atoms with E-state index in [1.807, 2.05) is 17.5 Å². The number of rotatable bonds is 1. The smallest absolute Gasteiger partial charge is 0.179 e. The van der Waals surface area contributed by atoms with Crippen LogP contribution in [0.15, 0.2) is 18.5 Å². The van der Waals surface area contributed by atoms with E-state index in [0.29, 0.717) is 12.4 Å². The van der Waals surface area contributed by atoms with Crippen molar-refractivity contribution >= 4 is 17.8 Å². The van der Waals surface area contributed by atoms with Crippen LogP contribution in [0.2, 0.25) is 12.6 Å². The second-order valence-electron chi connectivity index (χ2n) is 7.61. The Kier molecular flexibility index (Phi) is 2.79. The summed E-state index contributed by atoms with van der Waals surface area (Å²) in [6.45, 7) is 11.6. The topological polar surface area (TPSA) is 17.3 Å². The Bertz CT molecular complexity index is 656. The first-order valence-electron chi connectivity index (χ1n) is 7.34. The van der Waals surface area contributed by atoms with Gasteiger partial charge in [-0.3, -0.25) is 0 Å². The van der Waals surface area contributed by atoms with E-state index >= 15 is 0 Å². The maximum atomic E-state index is 14.2. The van der Waals surface area contributed by atoms with Crippen LogP contribution >= 0.6 is 0 Å². The van der Waals surface area contributed by atoms with Gasteiger partial charge in [-0.1, -0.05) is 45.8 Å². The molecule has 2 aromatic rings. The Morgan fingerprint density at radius 2 is 1.75 bits per heavy atom. The molecular weight excluding hydrogens is 250 g/mol. The number of aryl methyl sites for hydroxylation is 1. The number of pyridine rings is 1. The molecule has 3 heterocycles. The van der Waals surface area contributed by atoms with Crippen molar-refractivity contribution in [2.24, 2.45) is 10.8 Å². The molecule has 0 bridgehead atoms. The molecule has 20 heavy (non-hydrogen) atoms.